The molecular weight excluding hydrogens is 288 g/mol. The number of hydrogen-bond donors (Lipinski definition) is 0. The van der Waals surface area contributed by atoms with E-state index in [1.54, 1.807) is 25.1 Å². The van der Waals surface area contributed by atoms with Crippen LogP contribution in [0.3, 0.4) is 0 Å². The van der Waals surface area contributed by atoms with Crippen molar-refractivity contribution in [3.05, 3.63) is 34.0 Å². The first-order chi connectivity index (χ1) is 8.17. The molecule has 0 saturated heterocycles. The summed E-state index contributed by atoms with van der Waals surface area (Å²) in [6.07, 6.45) is 0.603. The van der Waals surface area contributed by atoms with Crippen LogP contribution in [0, 0.1) is 0 Å². The van der Waals surface area contributed by atoms with Crippen LogP contribution < -0.4 is 0 Å². The van der Waals surface area contributed by atoms with Crippen molar-refractivity contribution in [3.8, 4) is 0 Å². The molecule has 17 heavy (non-hydrogen) atoms. The van der Waals surface area contributed by atoms with Gasteiger partial charge < -0.3 is 9.15 Å². The highest BCUT2D eigenvalue weighted by atomic mass is 79.9. The zero-order valence-electron chi connectivity index (χ0n) is 9.03. The van der Waals surface area contributed by atoms with Gasteiger partial charge in [-0.1, -0.05) is 15.9 Å². The van der Waals surface area contributed by atoms with Gasteiger partial charge in [0, 0.05) is 9.86 Å². The lowest BCUT2D eigenvalue weighted by atomic mass is 10.1. The number of fused-ring (bicyclic) bond motifs is 1. The minimum absolute atomic E-state index is 0.0463. The summed E-state index contributed by atoms with van der Waals surface area (Å²) in [5.74, 6) is -0.670. The van der Waals surface area contributed by atoms with Crippen LogP contribution in [0.1, 0.15) is 27.8 Å². The van der Waals surface area contributed by atoms with Gasteiger partial charge in [0.25, 0.3) is 0 Å². The third kappa shape index (κ3) is 2.10. The fraction of sp³-hybridized carbons (Fsp3) is 0.167. The molecule has 5 heteroatoms. The normalized spacial score (nSPS) is 10.5. The summed E-state index contributed by atoms with van der Waals surface area (Å²) in [5, 5.41) is 0.603. The highest BCUT2D eigenvalue weighted by molar-refractivity contribution is 9.10. The first-order valence-electron chi connectivity index (χ1n) is 5.01. The highest BCUT2D eigenvalue weighted by Gasteiger charge is 2.21. The summed E-state index contributed by atoms with van der Waals surface area (Å²) in [6.45, 7) is 1.93. The lowest BCUT2D eigenvalue weighted by Gasteiger charge is -1.97. The van der Waals surface area contributed by atoms with Crippen molar-refractivity contribution in [1.29, 1.82) is 0 Å². The summed E-state index contributed by atoms with van der Waals surface area (Å²) in [4.78, 5) is 22.6. The predicted octanol–water partition coefficient (Wildman–Crippen LogP) is 3.18. The molecule has 1 heterocycles. The second-order valence-corrected chi connectivity index (χ2v) is 4.24. The van der Waals surface area contributed by atoms with Gasteiger partial charge in [-0.3, -0.25) is 4.79 Å². The third-order valence-electron chi connectivity index (χ3n) is 2.27. The summed E-state index contributed by atoms with van der Waals surface area (Å²) in [7, 11) is 0. The largest absolute Gasteiger partial charge is 0.460 e. The van der Waals surface area contributed by atoms with Gasteiger partial charge in [0.05, 0.1) is 12.2 Å². The molecule has 2 aromatic rings. The van der Waals surface area contributed by atoms with Crippen molar-refractivity contribution in [2.75, 3.05) is 6.61 Å². The average molecular weight is 297 g/mol. The Morgan fingerprint density at radius 1 is 1.53 bits per heavy atom. The number of aldehydes is 1. The lowest BCUT2D eigenvalue weighted by Crippen LogP contribution is -2.05. The monoisotopic (exact) mass is 296 g/mol. The van der Waals surface area contributed by atoms with Gasteiger partial charge in [0.1, 0.15) is 5.58 Å². The lowest BCUT2D eigenvalue weighted by molar-refractivity contribution is 0.0490. The molecule has 4 nitrogen and oxygen atoms in total. The Labute approximate surface area is 106 Å². The van der Waals surface area contributed by atoms with Crippen LogP contribution in [0.15, 0.2) is 27.1 Å². The van der Waals surface area contributed by atoms with E-state index in [4.69, 9.17) is 9.15 Å². The zero-order chi connectivity index (χ0) is 12.4. The fourth-order valence-corrected chi connectivity index (χ4v) is 1.90. The summed E-state index contributed by atoms with van der Waals surface area (Å²) in [6, 6.07) is 5.19. The Morgan fingerprint density at radius 3 is 2.94 bits per heavy atom. The van der Waals surface area contributed by atoms with Crippen LogP contribution in [0.25, 0.3) is 11.0 Å². The first kappa shape index (κ1) is 11.9. The van der Waals surface area contributed by atoms with Crippen molar-refractivity contribution in [1.82, 2.24) is 0 Å². The number of benzene rings is 1. The van der Waals surface area contributed by atoms with Gasteiger partial charge in [-0.15, -0.1) is 0 Å². The Morgan fingerprint density at radius 2 is 2.29 bits per heavy atom. The smallest absolute Gasteiger partial charge is 0.375 e. The van der Waals surface area contributed by atoms with E-state index in [1.807, 2.05) is 0 Å². The highest BCUT2D eigenvalue weighted by Crippen LogP contribution is 2.27. The molecule has 0 spiro atoms. The van der Waals surface area contributed by atoms with Crippen LogP contribution in [-0.4, -0.2) is 18.9 Å². The molecule has 0 radical (unpaired) electrons. The molecule has 88 valence electrons. The summed E-state index contributed by atoms with van der Waals surface area (Å²) >= 11 is 3.29. The van der Waals surface area contributed by atoms with Gasteiger partial charge in [-0.2, -0.15) is 0 Å². The van der Waals surface area contributed by atoms with Crippen LogP contribution in [0.2, 0.25) is 0 Å². The Kier molecular flexibility index (Phi) is 3.28. The van der Waals surface area contributed by atoms with E-state index in [9.17, 15) is 9.59 Å². The number of carbonyl (C=O) groups excluding carboxylic acids is 2. The molecule has 0 aliphatic carbocycles. The summed E-state index contributed by atoms with van der Waals surface area (Å²) in [5.41, 5.74) is 0.704. The molecule has 0 atom stereocenters. The van der Waals surface area contributed by atoms with Crippen LogP contribution in [0.5, 0.6) is 0 Å². The van der Waals surface area contributed by atoms with Crippen molar-refractivity contribution in [2.24, 2.45) is 0 Å². The van der Waals surface area contributed by atoms with Gasteiger partial charge >= 0.3 is 5.97 Å². The number of carbonyl (C=O) groups is 2. The van der Waals surface area contributed by atoms with Crippen LogP contribution in [-0.2, 0) is 4.74 Å². The number of esters is 1. The Balaban J connectivity index is 2.63. The van der Waals surface area contributed by atoms with Gasteiger partial charge in [0.15, 0.2) is 6.29 Å². The molecule has 0 amide bonds. The minimum atomic E-state index is -0.623. The van der Waals surface area contributed by atoms with E-state index in [1.165, 1.54) is 0 Å². The van der Waals surface area contributed by atoms with E-state index in [0.717, 1.165) is 4.47 Å². The first-order valence-corrected chi connectivity index (χ1v) is 5.81. The quantitative estimate of drug-likeness (QED) is 0.645. The third-order valence-corrected chi connectivity index (χ3v) is 2.76. The number of rotatable bonds is 3. The SMILES string of the molecule is CCOC(=O)c1oc2cc(Br)ccc2c1C=O. The maximum absolute atomic E-state index is 11.6. The number of halogens is 1. The second-order valence-electron chi connectivity index (χ2n) is 3.32. The molecular formula is C12H9BrO4. The number of hydrogen-bond acceptors (Lipinski definition) is 4. The molecule has 0 aliphatic heterocycles. The van der Waals surface area contributed by atoms with Crippen LogP contribution in [0.4, 0.5) is 0 Å². The fourth-order valence-electron chi connectivity index (χ4n) is 1.56. The molecule has 0 unspecified atom stereocenters. The Bertz CT molecular complexity index is 585. The second kappa shape index (κ2) is 4.71. The van der Waals surface area contributed by atoms with Gasteiger partial charge in [0.2, 0.25) is 5.76 Å². The van der Waals surface area contributed by atoms with Crippen molar-refractivity contribution >= 4 is 39.2 Å². The van der Waals surface area contributed by atoms with Crippen LogP contribution >= 0.6 is 15.9 Å². The molecule has 0 fully saturated rings. The minimum Gasteiger partial charge on any atom is -0.460 e. The predicted molar refractivity (Wildman–Crippen MR) is 65.3 cm³/mol. The number of ether oxygens (including phenoxy) is 1. The average Bonchev–Trinajstić information content (AvgIpc) is 2.66. The standard InChI is InChI=1S/C12H9BrO4/c1-2-16-12(15)11-9(6-14)8-4-3-7(13)5-10(8)17-11/h3-6H,2H2,1H3. The maximum Gasteiger partial charge on any atom is 0.375 e. The van der Waals surface area contributed by atoms with E-state index in [-0.39, 0.29) is 17.9 Å². The van der Waals surface area contributed by atoms with E-state index >= 15 is 0 Å². The van der Waals surface area contributed by atoms with Crippen molar-refractivity contribution in [3.63, 3.8) is 0 Å². The topological polar surface area (TPSA) is 56.5 Å². The molecule has 1 aromatic carbocycles. The van der Waals surface area contributed by atoms with E-state index in [0.29, 0.717) is 17.3 Å². The van der Waals surface area contributed by atoms with Gasteiger partial charge in [-0.05, 0) is 25.1 Å². The zero-order valence-corrected chi connectivity index (χ0v) is 10.6. The number of furan rings is 1. The molecule has 0 N–H and O–H groups in total. The molecule has 1 aromatic heterocycles. The van der Waals surface area contributed by atoms with Crippen molar-refractivity contribution in [2.45, 2.75) is 6.92 Å². The van der Waals surface area contributed by atoms with Gasteiger partial charge in [-0.25, -0.2) is 4.79 Å². The molecule has 0 aliphatic rings. The maximum atomic E-state index is 11.6. The molecule has 0 saturated carbocycles. The Hall–Kier alpha value is -1.62. The molecule has 2 rings (SSSR count). The van der Waals surface area contributed by atoms with Crippen molar-refractivity contribution < 1.29 is 18.7 Å². The van der Waals surface area contributed by atoms with E-state index in [2.05, 4.69) is 15.9 Å². The van der Waals surface area contributed by atoms with E-state index < -0.39 is 5.97 Å². The summed E-state index contributed by atoms with van der Waals surface area (Å²) < 4.78 is 11.0. The molecule has 0 bridgehead atoms.